The van der Waals surface area contributed by atoms with Gasteiger partial charge in [-0.2, -0.15) is 0 Å². The predicted molar refractivity (Wildman–Crippen MR) is 115 cm³/mol. The quantitative estimate of drug-likeness (QED) is 0.524. The number of ether oxygens (including phenoxy) is 3. The third-order valence-corrected chi connectivity index (χ3v) is 5.12. The van der Waals surface area contributed by atoms with E-state index >= 15 is 0 Å². The van der Waals surface area contributed by atoms with Gasteiger partial charge >= 0.3 is 0 Å². The fourth-order valence-electron chi connectivity index (χ4n) is 3.03. The molecule has 0 saturated carbocycles. The first-order chi connectivity index (χ1) is 14.6. The molecule has 1 aromatic heterocycles. The topological polar surface area (TPSA) is 87.5 Å². The molecule has 0 unspecified atom stereocenters. The summed E-state index contributed by atoms with van der Waals surface area (Å²) in [6, 6.07) is 12.9. The highest BCUT2D eigenvalue weighted by Crippen LogP contribution is 2.30. The Hall–Kier alpha value is -3.20. The lowest BCUT2D eigenvalue weighted by atomic mass is 10.1. The Morgan fingerprint density at radius 2 is 1.80 bits per heavy atom. The lowest BCUT2D eigenvalue weighted by molar-refractivity contribution is 0.0950. The van der Waals surface area contributed by atoms with Crippen LogP contribution in [0.25, 0.3) is 5.69 Å². The molecule has 0 aliphatic rings. The number of nitrogens with zero attached hydrogens (tertiary/aromatic N) is 3. The number of hydrogen-bond donors (Lipinski definition) is 1. The first kappa shape index (κ1) is 21.5. The van der Waals surface area contributed by atoms with E-state index in [4.69, 9.17) is 14.2 Å². The van der Waals surface area contributed by atoms with Crippen molar-refractivity contribution in [2.75, 3.05) is 34.1 Å². The third-order valence-electron chi connectivity index (χ3n) is 4.50. The van der Waals surface area contributed by atoms with Crippen LogP contribution in [0.5, 0.6) is 17.2 Å². The van der Waals surface area contributed by atoms with Gasteiger partial charge < -0.3 is 19.5 Å². The standard InChI is InChI=1S/C21H24N4O4S/c1-27-15-10-8-14(9-11-15)25-18(23-24-21(25)30-4)12-13-22-20(26)16-6-5-7-17(28-2)19(16)29-3/h5-11H,12-13H2,1-4H3,(H,22,26). The Kier molecular flexibility index (Phi) is 7.18. The van der Waals surface area contributed by atoms with Gasteiger partial charge in [0.1, 0.15) is 11.6 Å². The zero-order chi connectivity index (χ0) is 21.5. The minimum Gasteiger partial charge on any atom is -0.497 e. The van der Waals surface area contributed by atoms with Crippen molar-refractivity contribution < 1.29 is 19.0 Å². The van der Waals surface area contributed by atoms with Gasteiger partial charge in [0.15, 0.2) is 16.7 Å². The van der Waals surface area contributed by atoms with Crippen molar-refractivity contribution >= 4 is 17.7 Å². The summed E-state index contributed by atoms with van der Waals surface area (Å²) in [6.07, 6.45) is 2.46. The van der Waals surface area contributed by atoms with Crippen molar-refractivity contribution in [3.8, 4) is 22.9 Å². The van der Waals surface area contributed by atoms with Gasteiger partial charge in [-0.1, -0.05) is 17.8 Å². The van der Waals surface area contributed by atoms with Gasteiger partial charge in [0.2, 0.25) is 0 Å². The van der Waals surface area contributed by atoms with Gasteiger partial charge in [-0.25, -0.2) is 0 Å². The van der Waals surface area contributed by atoms with Crippen molar-refractivity contribution in [2.24, 2.45) is 0 Å². The van der Waals surface area contributed by atoms with Crippen LogP contribution in [0.1, 0.15) is 16.2 Å². The van der Waals surface area contributed by atoms with E-state index < -0.39 is 0 Å². The minimum absolute atomic E-state index is 0.244. The molecular formula is C21H24N4O4S. The second kappa shape index (κ2) is 10.0. The maximum Gasteiger partial charge on any atom is 0.255 e. The van der Waals surface area contributed by atoms with Crippen molar-refractivity contribution in [3.63, 3.8) is 0 Å². The van der Waals surface area contributed by atoms with Gasteiger partial charge in [-0.05, 0) is 42.7 Å². The second-order valence-corrected chi connectivity index (χ2v) is 6.96. The maximum atomic E-state index is 12.7. The van der Waals surface area contributed by atoms with E-state index in [0.717, 1.165) is 22.4 Å². The largest absolute Gasteiger partial charge is 0.497 e. The van der Waals surface area contributed by atoms with E-state index in [2.05, 4.69) is 15.5 Å². The number of aromatic nitrogens is 3. The summed E-state index contributed by atoms with van der Waals surface area (Å²) in [4.78, 5) is 12.7. The van der Waals surface area contributed by atoms with Crippen LogP contribution in [-0.4, -0.2) is 54.8 Å². The van der Waals surface area contributed by atoms with Crippen molar-refractivity contribution in [1.29, 1.82) is 0 Å². The molecule has 0 fully saturated rings. The summed E-state index contributed by atoms with van der Waals surface area (Å²) in [5.41, 5.74) is 1.35. The van der Waals surface area contributed by atoms with Crippen LogP contribution in [0.15, 0.2) is 47.6 Å². The van der Waals surface area contributed by atoms with Crippen LogP contribution in [-0.2, 0) is 6.42 Å². The first-order valence-corrected chi connectivity index (χ1v) is 10.5. The highest BCUT2D eigenvalue weighted by molar-refractivity contribution is 7.98. The third kappa shape index (κ3) is 4.51. The number of amides is 1. The normalized spacial score (nSPS) is 10.5. The molecule has 9 heteroatoms. The number of benzene rings is 2. The fraction of sp³-hybridized carbons (Fsp3) is 0.286. The van der Waals surface area contributed by atoms with Gasteiger partial charge in [0.05, 0.1) is 26.9 Å². The van der Waals surface area contributed by atoms with Gasteiger partial charge in [-0.15, -0.1) is 10.2 Å². The van der Waals surface area contributed by atoms with Gasteiger partial charge in [0.25, 0.3) is 5.91 Å². The number of rotatable bonds is 9. The summed E-state index contributed by atoms with van der Waals surface area (Å²) >= 11 is 1.51. The molecule has 0 aliphatic carbocycles. The summed E-state index contributed by atoms with van der Waals surface area (Å²) < 4.78 is 17.8. The number of carbonyl (C=O) groups excluding carboxylic acids is 1. The highest BCUT2D eigenvalue weighted by Gasteiger charge is 2.17. The molecule has 1 N–H and O–H groups in total. The monoisotopic (exact) mass is 428 g/mol. The molecular weight excluding hydrogens is 404 g/mol. The molecule has 1 heterocycles. The van der Waals surface area contributed by atoms with Crippen molar-refractivity contribution in [2.45, 2.75) is 11.6 Å². The van der Waals surface area contributed by atoms with Crippen molar-refractivity contribution in [1.82, 2.24) is 20.1 Å². The SMILES string of the molecule is COc1ccc(-n2c(CCNC(=O)c3cccc(OC)c3OC)nnc2SC)cc1. The molecule has 158 valence electrons. The summed E-state index contributed by atoms with van der Waals surface area (Å²) in [6.45, 7) is 0.391. The molecule has 1 amide bonds. The maximum absolute atomic E-state index is 12.7. The average Bonchev–Trinajstić information content (AvgIpc) is 3.21. The van der Waals surface area contributed by atoms with Crippen LogP contribution < -0.4 is 19.5 Å². The van der Waals surface area contributed by atoms with Crippen LogP contribution in [0.4, 0.5) is 0 Å². The molecule has 0 saturated heterocycles. The van der Waals surface area contributed by atoms with Crippen LogP contribution >= 0.6 is 11.8 Å². The van der Waals surface area contributed by atoms with E-state index in [1.807, 2.05) is 35.1 Å². The Morgan fingerprint density at radius 1 is 1.03 bits per heavy atom. The molecule has 3 aromatic rings. The average molecular weight is 429 g/mol. The zero-order valence-corrected chi connectivity index (χ0v) is 18.2. The van der Waals surface area contributed by atoms with Crippen LogP contribution in [0.3, 0.4) is 0 Å². The summed E-state index contributed by atoms with van der Waals surface area (Å²) in [5, 5.41) is 12.2. The molecule has 0 bridgehead atoms. The number of methoxy groups -OCH3 is 3. The first-order valence-electron chi connectivity index (χ1n) is 9.24. The predicted octanol–water partition coefficient (Wildman–Crippen LogP) is 2.99. The molecule has 0 spiro atoms. The minimum atomic E-state index is -0.244. The number of hydrogen-bond acceptors (Lipinski definition) is 7. The van der Waals surface area contributed by atoms with Crippen LogP contribution in [0, 0.1) is 0 Å². The Bertz CT molecular complexity index is 1000. The molecule has 0 aliphatic heterocycles. The Labute approximate surface area is 179 Å². The Morgan fingerprint density at radius 3 is 2.43 bits per heavy atom. The molecule has 3 rings (SSSR count). The van der Waals surface area contributed by atoms with E-state index in [-0.39, 0.29) is 5.91 Å². The van der Waals surface area contributed by atoms with Crippen molar-refractivity contribution in [3.05, 3.63) is 53.9 Å². The second-order valence-electron chi connectivity index (χ2n) is 6.18. The van der Waals surface area contributed by atoms with E-state index in [1.165, 1.54) is 26.0 Å². The van der Waals surface area contributed by atoms with Crippen LogP contribution in [0.2, 0.25) is 0 Å². The molecule has 30 heavy (non-hydrogen) atoms. The van der Waals surface area contributed by atoms with Gasteiger partial charge in [0, 0.05) is 18.7 Å². The zero-order valence-electron chi connectivity index (χ0n) is 17.3. The lowest BCUT2D eigenvalue weighted by Crippen LogP contribution is -2.27. The Balaban J connectivity index is 1.74. The number of para-hydroxylation sites is 1. The summed E-state index contributed by atoms with van der Waals surface area (Å²) in [7, 11) is 4.68. The highest BCUT2D eigenvalue weighted by atomic mass is 32.2. The number of thioether (sulfide) groups is 1. The van der Waals surface area contributed by atoms with E-state index in [1.54, 1.807) is 25.3 Å². The van der Waals surface area contributed by atoms with Gasteiger partial charge in [-0.3, -0.25) is 9.36 Å². The smallest absolute Gasteiger partial charge is 0.255 e. The van der Waals surface area contributed by atoms with E-state index in [9.17, 15) is 4.79 Å². The molecule has 0 atom stereocenters. The lowest BCUT2D eigenvalue weighted by Gasteiger charge is -2.13. The number of nitrogens with one attached hydrogen (secondary N) is 1. The molecule has 2 aromatic carbocycles. The fourth-order valence-corrected chi connectivity index (χ4v) is 3.55. The summed E-state index contributed by atoms with van der Waals surface area (Å²) in [5.74, 6) is 2.20. The van der Waals surface area contributed by atoms with E-state index in [0.29, 0.717) is 30.0 Å². The number of carbonyl (C=O) groups is 1. The molecule has 8 nitrogen and oxygen atoms in total. The molecule has 0 radical (unpaired) electrons.